The molecule has 1 fully saturated rings. The number of ether oxygens (including phenoxy) is 1. The van der Waals surface area contributed by atoms with Gasteiger partial charge in [0.2, 0.25) is 11.0 Å². The van der Waals surface area contributed by atoms with Gasteiger partial charge in [-0.25, -0.2) is 0 Å². The number of halogens is 1. The van der Waals surface area contributed by atoms with Gasteiger partial charge in [-0.2, -0.15) is 0 Å². The lowest BCUT2D eigenvalue weighted by molar-refractivity contribution is -0.139. The van der Waals surface area contributed by atoms with E-state index in [-0.39, 0.29) is 36.1 Å². The van der Waals surface area contributed by atoms with E-state index in [1.165, 1.54) is 23.1 Å². The minimum atomic E-state index is -0.282. The van der Waals surface area contributed by atoms with Crippen LogP contribution in [0.25, 0.3) is 0 Å². The van der Waals surface area contributed by atoms with E-state index in [4.69, 9.17) is 4.74 Å². The fraction of sp³-hybridized carbons (Fsp3) is 0.667. The Hall–Kier alpha value is -0.900. The van der Waals surface area contributed by atoms with E-state index in [9.17, 15) is 9.59 Å². The Bertz CT molecular complexity index is 494. The lowest BCUT2D eigenvalue weighted by atomic mass is 10.1. The average Bonchev–Trinajstić information content (AvgIpc) is 3.08. The van der Waals surface area contributed by atoms with Crippen molar-refractivity contribution in [2.75, 3.05) is 24.2 Å². The highest BCUT2D eigenvalue weighted by atomic mass is 35.5. The maximum Gasteiger partial charge on any atom is 0.316 e. The summed E-state index contributed by atoms with van der Waals surface area (Å²) in [5.41, 5.74) is 0. The van der Waals surface area contributed by atoms with Crippen molar-refractivity contribution in [2.45, 2.75) is 36.6 Å². The number of nitrogens with zero attached hydrogens (tertiary/aromatic N) is 2. The Labute approximate surface area is 143 Å². The zero-order valence-electron chi connectivity index (χ0n) is 12.2. The lowest BCUT2D eigenvalue weighted by Gasteiger charge is -2.08. The van der Waals surface area contributed by atoms with E-state index < -0.39 is 0 Å². The highest BCUT2D eigenvalue weighted by Gasteiger charge is 2.18. The third kappa shape index (κ3) is 6.47. The highest BCUT2D eigenvalue weighted by Crippen LogP contribution is 2.25. The van der Waals surface area contributed by atoms with Crippen molar-refractivity contribution >= 4 is 52.5 Å². The summed E-state index contributed by atoms with van der Waals surface area (Å²) in [6.45, 7) is 3.11. The number of hydrogen-bond acceptors (Lipinski definition) is 8. The summed E-state index contributed by atoms with van der Waals surface area (Å²) in [5, 5.41) is 14.3. The third-order valence-corrected chi connectivity index (χ3v) is 4.81. The predicted octanol–water partition coefficient (Wildman–Crippen LogP) is 1.70. The number of rotatable bonds is 7. The Balaban J connectivity index is 0.00000242. The summed E-state index contributed by atoms with van der Waals surface area (Å²) in [6, 6.07) is 0.260. The van der Waals surface area contributed by atoms with E-state index >= 15 is 0 Å². The molecule has 1 aromatic heterocycles. The van der Waals surface area contributed by atoms with Crippen LogP contribution in [0.5, 0.6) is 0 Å². The minimum Gasteiger partial charge on any atom is -0.465 e. The first-order valence-electron chi connectivity index (χ1n) is 6.82. The topological polar surface area (TPSA) is 93.2 Å². The summed E-state index contributed by atoms with van der Waals surface area (Å²) >= 11 is 2.52. The number of carbonyl (C=O) groups is 2. The second-order valence-corrected chi connectivity index (χ2v) is 6.71. The molecule has 0 aromatic carbocycles. The lowest BCUT2D eigenvalue weighted by Crippen LogP contribution is -2.27. The third-order valence-electron chi connectivity index (χ3n) is 2.87. The highest BCUT2D eigenvalue weighted by molar-refractivity contribution is 8.01. The first kappa shape index (κ1) is 19.1. The van der Waals surface area contributed by atoms with Crippen molar-refractivity contribution in [3.63, 3.8) is 0 Å². The summed E-state index contributed by atoms with van der Waals surface area (Å²) in [6.07, 6.45) is 2.60. The molecule has 0 aliphatic carbocycles. The standard InChI is InChI=1S/C12H18N4O3S2.ClH/c1-2-19-10(18)7-20-12-16-15-11(21-12)14-9(17)6-8-4-3-5-13-8;/h8,13H,2-7H2,1H3,(H,14,15,17);1H. The molecule has 0 saturated carbocycles. The van der Waals surface area contributed by atoms with Gasteiger partial charge in [0, 0.05) is 12.5 Å². The minimum absolute atomic E-state index is 0. The van der Waals surface area contributed by atoms with Gasteiger partial charge in [-0.15, -0.1) is 22.6 Å². The fourth-order valence-corrected chi connectivity index (χ4v) is 3.53. The molecule has 2 N–H and O–H groups in total. The van der Waals surface area contributed by atoms with E-state index in [1.54, 1.807) is 6.92 Å². The van der Waals surface area contributed by atoms with Gasteiger partial charge in [-0.3, -0.25) is 9.59 Å². The van der Waals surface area contributed by atoms with Crippen LogP contribution >= 0.6 is 35.5 Å². The smallest absolute Gasteiger partial charge is 0.316 e. The molecule has 22 heavy (non-hydrogen) atoms. The number of nitrogens with one attached hydrogen (secondary N) is 2. The Morgan fingerprint density at radius 2 is 2.32 bits per heavy atom. The molecule has 10 heteroatoms. The van der Waals surface area contributed by atoms with Crippen LogP contribution in [0, 0.1) is 0 Å². The van der Waals surface area contributed by atoms with Crippen molar-refractivity contribution in [1.29, 1.82) is 0 Å². The molecule has 1 aliphatic heterocycles. The van der Waals surface area contributed by atoms with Crippen LogP contribution in [-0.2, 0) is 14.3 Å². The Kier molecular flexibility index (Phi) is 8.69. The number of hydrogen-bond donors (Lipinski definition) is 2. The summed E-state index contributed by atoms with van der Waals surface area (Å²) < 4.78 is 5.47. The second kappa shape index (κ2) is 9.98. The van der Waals surface area contributed by atoms with Crippen molar-refractivity contribution < 1.29 is 14.3 Å². The largest absolute Gasteiger partial charge is 0.465 e. The molecule has 1 aliphatic rings. The fourth-order valence-electron chi connectivity index (χ4n) is 1.97. The molecule has 7 nitrogen and oxygen atoms in total. The SMILES string of the molecule is CCOC(=O)CSc1nnc(NC(=O)CC2CCCN2)s1.Cl. The van der Waals surface area contributed by atoms with E-state index in [2.05, 4.69) is 20.8 Å². The summed E-state index contributed by atoms with van der Waals surface area (Å²) in [7, 11) is 0. The van der Waals surface area contributed by atoms with Crippen LogP contribution in [0.3, 0.4) is 0 Å². The van der Waals surface area contributed by atoms with Crippen LogP contribution in [0.1, 0.15) is 26.2 Å². The number of aromatic nitrogens is 2. The molecule has 2 rings (SSSR count). The number of carbonyl (C=O) groups excluding carboxylic acids is 2. The molecule has 2 heterocycles. The van der Waals surface area contributed by atoms with Gasteiger partial charge in [0.25, 0.3) is 0 Å². The molecule has 1 unspecified atom stereocenters. The van der Waals surface area contributed by atoms with Gasteiger partial charge in [0.1, 0.15) is 0 Å². The normalized spacial score (nSPS) is 16.9. The van der Waals surface area contributed by atoms with Crippen molar-refractivity contribution in [2.24, 2.45) is 0 Å². The molecule has 1 amide bonds. The van der Waals surface area contributed by atoms with E-state index in [1.807, 2.05) is 0 Å². The molecule has 1 saturated heterocycles. The zero-order valence-corrected chi connectivity index (χ0v) is 14.6. The molecule has 0 spiro atoms. The first-order valence-corrected chi connectivity index (χ1v) is 8.62. The van der Waals surface area contributed by atoms with Crippen LogP contribution in [0.2, 0.25) is 0 Å². The van der Waals surface area contributed by atoms with Gasteiger partial charge in [0.05, 0.1) is 12.4 Å². The number of esters is 1. The molecule has 1 aromatic rings. The van der Waals surface area contributed by atoms with Crippen molar-refractivity contribution in [1.82, 2.24) is 15.5 Å². The molecule has 0 radical (unpaired) electrons. The molecule has 0 bridgehead atoms. The van der Waals surface area contributed by atoms with Crippen molar-refractivity contribution in [3.8, 4) is 0 Å². The van der Waals surface area contributed by atoms with Gasteiger partial charge in [-0.1, -0.05) is 23.1 Å². The molecule has 1 atom stereocenters. The predicted molar refractivity (Wildman–Crippen MR) is 88.8 cm³/mol. The van der Waals surface area contributed by atoms with Crippen LogP contribution in [-0.4, -0.2) is 47.0 Å². The maximum atomic E-state index is 11.8. The molecular formula is C12H19ClN4O3S2. The number of amides is 1. The monoisotopic (exact) mass is 366 g/mol. The number of thioether (sulfide) groups is 1. The first-order chi connectivity index (χ1) is 10.2. The zero-order chi connectivity index (χ0) is 15.1. The van der Waals surface area contributed by atoms with Gasteiger partial charge in [0.15, 0.2) is 4.34 Å². The van der Waals surface area contributed by atoms with Gasteiger partial charge < -0.3 is 15.4 Å². The van der Waals surface area contributed by atoms with Crippen LogP contribution in [0.4, 0.5) is 5.13 Å². The summed E-state index contributed by atoms with van der Waals surface area (Å²) in [5.74, 6) is -0.148. The summed E-state index contributed by atoms with van der Waals surface area (Å²) in [4.78, 5) is 23.1. The average molecular weight is 367 g/mol. The molecular weight excluding hydrogens is 348 g/mol. The number of anilines is 1. The van der Waals surface area contributed by atoms with E-state index in [0.717, 1.165) is 19.4 Å². The quantitative estimate of drug-likeness (QED) is 0.431. The Morgan fingerprint density at radius 1 is 1.50 bits per heavy atom. The van der Waals surface area contributed by atoms with Crippen LogP contribution in [0.15, 0.2) is 4.34 Å². The van der Waals surface area contributed by atoms with E-state index in [0.29, 0.717) is 22.5 Å². The second-order valence-electron chi connectivity index (χ2n) is 4.51. The van der Waals surface area contributed by atoms with Crippen molar-refractivity contribution in [3.05, 3.63) is 0 Å². The Morgan fingerprint density at radius 3 is 3.00 bits per heavy atom. The van der Waals surface area contributed by atoms with Gasteiger partial charge >= 0.3 is 5.97 Å². The van der Waals surface area contributed by atoms with Gasteiger partial charge in [-0.05, 0) is 26.3 Å². The van der Waals surface area contributed by atoms with Crippen LogP contribution < -0.4 is 10.6 Å². The molecule has 124 valence electrons. The maximum absolute atomic E-state index is 11.8.